The second-order valence-electron chi connectivity index (χ2n) is 5.20. The summed E-state index contributed by atoms with van der Waals surface area (Å²) in [6.07, 6.45) is 1.78. The second-order valence-corrected chi connectivity index (χ2v) is 6.05. The number of nitrogens with zero attached hydrogens (tertiary/aromatic N) is 2. The van der Waals surface area contributed by atoms with E-state index in [-0.39, 0.29) is 11.5 Å². The maximum Gasteiger partial charge on any atom is 0.207 e. The lowest BCUT2D eigenvalue weighted by molar-refractivity contribution is 0.341. The van der Waals surface area contributed by atoms with Crippen LogP contribution in [0.25, 0.3) is 0 Å². The number of fused-ring (bicyclic) bond motifs is 1. The highest BCUT2D eigenvalue weighted by Crippen LogP contribution is 2.27. The molecule has 0 amide bonds. The molecule has 1 unspecified atom stereocenters. The number of anilines is 1. The SMILES string of the molecule is CC(N=C1NSc2cccnc2N1)C(C)(C)C. The number of aromatic nitrogens is 1. The van der Waals surface area contributed by atoms with Gasteiger partial charge in [0.15, 0.2) is 0 Å². The van der Waals surface area contributed by atoms with E-state index >= 15 is 0 Å². The van der Waals surface area contributed by atoms with E-state index in [1.165, 1.54) is 0 Å². The summed E-state index contributed by atoms with van der Waals surface area (Å²) >= 11 is 1.54. The summed E-state index contributed by atoms with van der Waals surface area (Å²) in [5, 5.41) is 3.21. The number of hydrogen-bond donors (Lipinski definition) is 2. The molecule has 0 fully saturated rings. The molecule has 2 N–H and O–H groups in total. The summed E-state index contributed by atoms with van der Waals surface area (Å²) < 4.78 is 3.19. The minimum atomic E-state index is 0.158. The lowest BCUT2D eigenvalue weighted by Gasteiger charge is -2.26. The largest absolute Gasteiger partial charge is 0.309 e. The zero-order chi connectivity index (χ0) is 12.5. The summed E-state index contributed by atoms with van der Waals surface area (Å²) in [5.41, 5.74) is 0.158. The third-order valence-electron chi connectivity index (χ3n) is 2.84. The molecule has 0 aromatic carbocycles. The van der Waals surface area contributed by atoms with E-state index in [1.54, 1.807) is 18.1 Å². The van der Waals surface area contributed by atoms with Crippen molar-refractivity contribution in [1.82, 2.24) is 9.71 Å². The zero-order valence-corrected chi connectivity index (χ0v) is 11.4. The maximum absolute atomic E-state index is 4.64. The van der Waals surface area contributed by atoms with Gasteiger partial charge in [0, 0.05) is 6.20 Å². The summed E-state index contributed by atoms with van der Waals surface area (Å²) in [6, 6.07) is 4.19. The Hall–Kier alpha value is -1.23. The molecule has 0 spiro atoms. The van der Waals surface area contributed by atoms with E-state index in [2.05, 4.69) is 47.7 Å². The van der Waals surface area contributed by atoms with E-state index in [9.17, 15) is 0 Å². The average Bonchev–Trinajstić information content (AvgIpc) is 2.27. The molecular weight excluding hydrogens is 232 g/mol. The normalized spacial score (nSPS) is 19.2. The van der Waals surface area contributed by atoms with E-state index in [1.807, 2.05) is 12.1 Å². The van der Waals surface area contributed by atoms with Crippen LogP contribution in [0.3, 0.4) is 0 Å². The predicted octanol–water partition coefficient (Wildman–Crippen LogP) is 2.89. The summed E-state index contributed by atoms with van der Waals surface area (Å²) in [4.78, 5) is 10.0. The number of aliphatic imine (C=N–C) groups is 1. The van der Waals surface area contributed by atoms with Crippen LogP contribution in [0, 0.1) is 5.41 Å². The lowest BCUT2D eigenvalue weighted by Crippen LogP contribution is -2.33. The molecule has 4 nitrogen and oxygen atoms in total. The third kappa shape index (κ3) is 2.91. The molecule has 2 rings (SSSR count). The highest BCUT2D eigenvalue weighted by Gasteiger charge is 2.21. The van der Waals surface area contributed by atoms with Crippen LogP contribution in [0.4, 0.5) is 5.82 Å². The van der Waals surface area contributed by atoms with Crippen LogP contribution < -0.4 is 10.0 Å². The van der Waals surface area contributed by atoms with Crippen LogP contribution in [0.15, 0.2) is 28.2 Å². The quantitative estimate of drug-likeness (QED) is 0.752. The molecule has 0 radical (unpaired) electrons. The molecule has 1 aromatic heterocycles. The van der Waals surface area contributed by atoms with Crippen LogP contribution in [0.2, 0.25) is 0 Å². The van der Waals surface area contributed by atoms with Gasteiger partial charge in [0.05, 0.1) is 10.9 Å². The highest BCUT2D eigenvalue weighted by molar-refractivity contribution is 7.98. The fourth-order valence-electron chi connectivity index (χ4n) is 1.25. The standard InChI is InChI=1S/C12H18N4S/c1-8(12(2,3)4)14-11-15-10-9(17-16-11)6-5-7-13-10/h5-8H,1-4H3,(H2,13,14,15,16). The Labute approximate surface area is 106 Å². The molecule has 17 heavy (non-hydrogen) atoms. The van der Waals surface area contributed by atoms with Crippen molar-refractivity contribution in [3.05, 3.63) is 18.3 Å². The molecule has 0 bridgehead atoms. The van der Waals surface area contributed by atoms with Gasteiger partial charge in [-0.25, -0.2) is 9.98 Å². The number of hydrogen-bond acceptors (Lipinski definition) is 3. The topological polar surface area (TPSA) is 49.3 Å². The minimum Gasteiger partial charge on any atom is -0.309 e. The zero-order valence-electron chi connectivity index (χ0n) is 10.6. The van der Waals surface area contributed by atoms with Crippen LogP contribution in [-0.4, -0.2) is 17.0 Å². The van der Waals surface area contributed by atoms with Gasteiger partial charge in [-0.3, -0.25) is 4.72 Å². The maximum atomic E-state index is 4.64. The second kappa shape index (κ2) is 4.56. The lowest BCUT2D eigenvalue weighted by atomic mass is 9.89. The van der Waals surface area contributed by atoms with E-state index in [4.69, 9.17) is 0 Å². The van der Waals surface area contributed by atoms with Gasteiger partial charge in [-0.2, -0.15) is 0 Å². The smallest absolute Gasteiger partial charge is 0.207 e. The molecule has 1 atom stereocenters. The van der Waals surface area contributed by atoms with Gasteiger partial charge >= 0.3 is 0 Å². The van der Waals surface area contributed by atoms with E-state index in [0.29, 0.717) is 0 Å². The Morgan fingerprint density at radius 3 is 2.88 bits per heavy atom. The first kappa shape index (κ1) is 12.2. The van der Waals surface area contributed by atoms with Crippen molar-refractivity contribution < 1.29 is 0 Å². The molecule has 1 aliphatic rings. The first-order valence-corrected chi connectivity index (χ1v) is 6.51. The van der Waals surface area contributed by atoms with Crippen LogP contribution in [0.5, 0.6) is 0 Å². The summed E-state index contributed by atoms with van der Waals surface area (Å²) in [7, 11) is 0. The molecule has 92 valence electrons. The third-order valence-corrected chi connectivity index (χ3v) is 3.69. The van der Waals surface area contributed by atoms with Crippen molar-refractivity contribution in [2.75, 3.05) is 5.32 Å². The van der Waals surface area contributed by atoms with Gasteiger partial charge in [0.2, 0.25) is 5.96 Å². The van der Waals surface area contributed by atoms with Gasteiger partial charge < -0.3 is 5.32 Å². The number of rotatable bonds is 1. The molecule has 0 aliphatic carbocycles. The predicted molar refractivity (Wildman–Crippen MR) is 73.2 cm³/mol. The van der Waals surface area contributed by atoms with E-state index in [0.717, 1.165) is 16.7 Å². The van der Waals surface area contributed by atoms with Crippen molar-refractivity contribution in [1.29, 1.82) is 0 Å². The Bertz CT molecular complexity index is 436. The molecular formula is C12H18N4S. The molecule has 2 heterocycles. The van der Waals surface area contributed by atoms with Gasteiger partial charge in [-0.15, -0.1) is 0 Å². The Morgan fingerprint density at radius 2 is 2.18 bits per heavy atom. The van der Waals surface area contributed by atoms with Crippen molar-refractivity contribution in [2.24, 2.45) is 10.4 Å². The highest BCUT2D eigenvalue weighted by atomic mass is 32.2. The van der Waals surface area contributed by atoms with Crippen molar-refractivity contribution in [3.8, 4) is 0 Å². The van der Waals surface area contributed by atoms with Crippen LogP contribution >= 0.6 is 11.9 Å². The minimum absolute atomic E-state index is 0.158. The van der Waals surface area contributed by atoms with Gasteiger partial charge in [0.1, 0.15) is 5.82 Å². The Morgan fingerprint density at radius 1 is 1.41 bits per heavy atom. The Kier molecular flexibility index (Phi) is 3.28. The van der Waals surface area contributed by atoms with Crippen molar-refractivity contribution in [2.45, 2.75) is 38.6 Å². The van der Waals surface area contributed by atoms with Crippen molar-refractivity contribution >= 4 is 23.7 Å². The van der Waals surface area contributed by atoms with Gasteiger partial charge in [0.25, 0.3) is 0 Å². The molecule has 0 saturated heterocycles. The van der Waals surface area contributed by atoms with Crippen LogP contribution in [0.1, 0.15) is 27.7 Å². The average molecular weight is 250 g/mol. The van der Waals surface area contributed by atoms with E-state index < -0.39 is 0 Å². The van der Waals surface area contributed by atoms with Crippen molar-refractivity contribution in [3.63, 3.8) is 0 Å². The molecule has 1 aliphatic heterocycles. The summed E-state index contributed by atoms with van der Waals surface area (Å²) in [6.45, 7) is 8.67. The molecule has 1 aromatic rings. The molecule has 5 heteroatoms. The summed E-state index contributed by atoms with van der Waals surface area (Å²) in [5.74, 6) is 1.65. The Balaban J connectivity index is 2.15. The first-order chi connectivity index (χ1) is 7.97. The first-order valence-electron chi connectivity index (χ1n) is 5.69. The van der Waals surface area contributed by atoms with Gasteiger partial charge in [-0.05, 0) is 36.4 Å². The number of guanidine groups is 1. The molecule has 0 saturated carbocycles. The van der Waals surface area contributed by atoms with Crippen LogP contribution in [-0.2, 0) is 0 Å². The monoisotopic (exact) mass is 250 g/mol. The fraction of sp³-hybridized carbons (Fsp3) is 0.500. The number of pyridine rings is 1. The van der Waals surface area contributed by atoms with Gasteiger partial charge in [-0.1, -0.05) is 20.8 Å². The number of nitrogens with one attached hydrogen (secondary N) is 2. The fourth-order valence-corrected chi connectivity index (χ4v) is 1.91.